The molecule has 1 N–H and O–H groups in total. The molecule has 2 aromatic heterocycles. The maximum absolute atomic E-state index is 12.2. The van der Waals surface area contributed by atoms with Crippen molar-refractivity contribution in [3.8, 4) is 0 Å². The number of nitrogens with zero attached hydrogens (tertiary/aromatic N) is 3. The van der Waals surface area contributed by atoms with Gasteiger partial charge in [0.1, 0.15) is 18.2 Å². The second-order valence-electron chi connectivity index (χ2n) is 4.93. The van der Waals surface area contributed by atoms with Gasteiger partial charge in [0.05, 0.1) is 0 Å². The number of methoxy groups -OCH3 is 1. The number of aryl methyl sites for hydroxylation is 1. The van der Waals surface area contributed by atoms with Crippen LogP contribution in [0.25, 0.3) is 10.9 Å². The highest BCUT2D eigenvalue weighted by Crippen LogP contribution is 2.20. The Morgan fingerprint density at radius 3 is 3.05 bits per heavy atom. The van der Waals surface area contributed by atoms with Crippen LogP contribution in [0.5, 0.6) is 0 Å². The van der Waals surface area contributed by atoms with E-state index < -0.39 is 0 Å². The lowest BCUT2D eigenvalue weighted by Gasteiger charge is -2.05. The minimum Gasteiger partial charge on any atom is -0.377 e. The Morgan fingerprint density at radius 2 is 2.23 bits per heavy atom. The van der Waals surface area contributed by atoms with Crippen molar-refractivity contribution in [3.63, 3.8) is 0 Å². The van der Waals surface area contributed by atoms with Crippen LogP contribution in [0.1, 0.15) is 10.6 Å². The number of hydrogen-bond donors (Lipinski definition) is 1. The second-order valence-corrected chi connectivity index (χ2v) is 6.00. The minimum atomic E-state index is -0.126. The Labute approximate surface area is 131 Å². The number of aromatic nitrogens is 3. The van der Waals surface area contributed by atoms with Crippen molar-refractivity contribution in [2.24, 2.45) is 0 Å². The fraction of sp³-hybridized carbons (Fsp3) is 0.267. The molecule has 0 aliphatic carbocycles. The van der Waals surface area contributed by atoms with E-state index in [1.165, 1.54) is 16.9 Å². The summed E-state index contributed by atoms with van der Waals surface area (Å²) >= 11 is 1.32. The molecule has 0 spiro atoms. The average molecular weight is 316 g/mol. The second kappa shape index (κ2) is 6.25. The number of amides is 1. The van der Waals surface area contributed by atoms with Gasteiger partial charge >= 0.3 is 0 Å². The van der Waals surface area contributed by atoms with Gasteiger partial charge in [-0.1, -0.05) is 23.5 Å². The molecule has 0 saturated carbocycles. The first-order valence-corrected chi connectivity index (χ1v) is 7.64. The lowest BCUT2D eigenvalue weighted by molar-refractivity contribution is -0.116. The molecular weight excluding hydrogens is 300 g/mol. The fourth-order valence-electron chi connectivity index (χ4n) is 2.31. The van der Waals surface area contributed by atoms with E-state index in [0.29, 0.717) is 11.7 Å². The van der Waals surface area contributed by atoms with Crippen LogP contribution < -0.4 is 5.32 Å². The van der Waals surface area contributed by atoms with Crippen molar-refractivity contribution in [1.29, 1.82) is 0 Å². The van der Waals surface area contributed by atoms with Gasteiger partial charge in [0.25, 0.3) is 0 Å². The molecule has 0 unspecified atom stereocenters. The van der Waals surface area contributed by atoms with Crippen molar-refractivity contribution in [1.82, 2.24) is 14.8 Å². The van der Waals surface area contributed by atoms with Gasteiger partial charge in [-0.3, -0.25) is 10.1 Å². The van der Waals surface area contributed by atoms with E-state index >= 15 is 0 Å². The van der Waals surface area contributed by atoms with E-state index in [9.17, 15) is 4.79 Å². The molecule has 0 fully saturated rings. The van der Waals surface area contributed by atoms with E-state index in [-0.39, 0.29) is 12.5 Å². The Morgan fingerprint density at radius 1 is 1.36 bits per heavy atom. The molecule has 3 rings (SSSR count). The Hall–Kier alpha value is -2.25. The lowest BCUT2D eigenvalue weighted by Crippen LogP contribution is -2.18. The summed E-state index contributed by atoms with van der Waals surface area (Å²) in [5, 5.41) is 13.0. The van der Waals surface area contributed by atoms with Gasteiger partial charge < -0.3 is 9.30 Å². The predicted molar refractivity (Wildman–Crippen MR) is 85.9 cm³/mol. The normalized spacial score (nSPS) is 11.0. The van der Waals surface area contributed by atoms with Crippen LogP contribution in [0.3, 0.4) is 0 Å². The van der Waals surface area contributed by atoms with E-state index in [1.807, 2.05) is 29.0 Å². The summed E-state index contributed by atoms with van der Waals surface area (Å²) in [4.78, 5) is 12.2. The van der Waals surface area contributed by atoms with Crippen molar-refractivity contribution in [2.75, 3.05) is 12.4 Å². The average Bonchev–Trinajstić information content (AvgIpc) is 3.08. The zero-order chi connectivity index (χ0) is 15.5. The summed E-state index contributed by atoms with van der Waals surface area (Å²) in [5.41, 5.74) is 2.25. The van der Waals surface area contributed by atoms with Crippen LogP contribution in [0.2, 0.25) is 0 Å². The standard InChI is InChI=1S/C15H16N4O2S/c1-10-4-3-5-12-11(10)6-7-19(12)8-13(20)16-15-18-17-14(22-15)9-21-2/h3-7H,8-9H2,1-2H3,(H,16,18,20). The van der Waals surface area contributed by atoms with E-state index in [4.69, 9.17) is 4.74 Å². The zero-order valence-electron chi connectivity index (χ0n) is 12.4. The smallest absolute Gasteiger partial charge is 0.246 e. The zero-order valence-corrected chi connectivity index (χ0v) is 13.2. The number of carbonyl (C=O) groups is 1. The van der Waals surface area contributed by atoms with Crippen LogP contribution in [0.15, 0.2) is 30.5 Å². The van der Waals surface area contributed by atoms with Gasteiger partial charge in [-0.15, -0.1) is 10.2 Å². The van der Waals surface area contributed by atoms with E-state index in [2.05, 4.69) is 28.5 Å². The number of carbonyl (C=O) groups excluding carboxylic acids is 1. The SMILES string of the molecule is COCc1nnc(NC(=O)Cn2ccc3c(C)cccc32)s1. The quantitative estimate of drug-likeness (QED) is 0.785. The Balaban J connectivity index is 1.71. The molecular formula is C15H16N4O2S. The maximum atomic E-state index is 12.2. The molecule has 0 radical (unpaired) electrons. The molecule has 0 bridgehead atoms. The molecule has 7 heteroatoms. The number of benzene rings is 1. The highest BCUT2D eigenvalue weighted by atomic mass is 32.1. The number of nitrogens with one attached hydrogen (secondary N) is 1. The van der Waals surface area contributed by atoms with Gasteiger partial charge in [-0.2, -0.15) is 0 Å². The molecule has 0 atom stereocenters. The number of hydrogen-bond acceptors (Lipinski definition) is 5. The van der Waals surface area contributed by atoms with Gasteiger partial charge in [-0.05, 0) is 24.6 Å². The first kappa shape index (κ1) is 14.7. The summed E-state index contributed by atoms with van der Waals surface area (Å²) in [6.07, 6.45) is 1.92. The Bertz CT molecular complexity index is 809. The number of ether oxygens (including phenoxy) is 1. The molecule has 0 aliphatic heterocycles. The molecule has 6 nitrogen and oxygen atoms in total. The summed E-state index contributed by atoms with van der Waals surface area (Å²) < 4.78 is 6.91. The van der Waals surface area contributed by atoms with Gasteiger partial charge in [0.15, 0.2) is 0 Å². The van der Waals surface area contributed by atoms with Gasteiger partial charge in [0, 0.05) is 24.2 Å². The van der Waals surface area contributed by atoms with Crippen LogP contribution in [-0.4, -0.2) is 27.8 Å². The molecule has 0 aliphatic rings. The first-order valence-electron chi connectivity index (χ1n) is 6.83. The third-order valence-electron chi connectivity index (χ3n) is 3.33. The van der Waals surface area contributed by atoms with Gasteiger partial charge in [-0.25, -0.2) is 0 Å². The highest BCUT2D eigenvalue weighted by molar-refractivity contribution is 7.15. The predicted octanol–water partition coefficient (Wildman–Crippen LogP) is 2.59. The molecule has 114 valence electrons. The van der Waals surface area contributed by atoms with Gasteiger partial charge in [0.2, 0.25) is 11.0 Å². The number of fused-ring (bicyclic) bond motifs is 1. The van der Waals surface area contributed by atoms with Crippen molar-refractivity contribution >= 4 is 33.3 Å². The summed E-state index contributed by atoms with van der Waals surface area (Å²) in [6.45, 7) is 2.70. The molecule has 0 saturated heterocycles. The van der Waals surface area contributed by atoms with Crippen LogP contribution in [0.4, 0.5) is 5.13 Å². The maximum Gasteiger partial charge on any atom is 0.246 e. The molecule has 1 aromatic carbocycles. The summed E-state index contributed by atoms with van der Waals surface area (Å²) in [6, 6.07) is 8.09. The first-order chi connectivity index (χ1) is 10.7. The third kappa shape index (κ3) is 3.00. The van der Waals surface area contributed by atoms with Crippen LogP contribution in [-0.2, 0) is 22.7 Å². The minimum absolute atomic E-state index is 0.126. The van der Waals surface area contributed by atoms with Crippen LogP contribution in [0, 0.1) is 6.92 Å². The van der Waals surface area contributed by atoms with Crippen molar-refractivity contribution in [3.05, 3.63) is 41.0 Å². The summed E-state index contributed by atoms with van der Waals surface area (Å²) in [7, 11) is 1.60. The fourth-order valence-corrected chi connectivity index (χ4v) is 3.04. The molecule has 1 amide bonds. The third-order valence-corrected chi connectivity index (χ3v) is 4.14. The molecule has 3 aromatic rings. The molecule has 2 heterocycles. The van der Waals surface area contributed by atoms with E-state index in [1.54, 1.807) is 7.11 Å². The monoisotopic (exact) mass is 316 g/mol. The Kier molecular flexibility index (Phi) is 4.17. The largest absolute Gasteiger partial charge is 0.377 e. The summed E-state index contributed by atoms with van der Waals surface area (Å²) in [5.74, 6) is -0.126. The number of anilines is 1. The number of rotatable bonds is 5. The van der Waals surface area contributed by atoms with Crippen molar-refractivity contribution in [2.45, 2.75) is 20.1 Å². The molecule has 22 heavy (non-hydrogen) atoms. The van der Waals surface area contributed by atoms with Crippen LogP contribution >= 0.6 is 11.3 Å². The van der Waals surface area contributed by atoms with Crippen molar-refractivity contribution < 1.29 is 9.53 Å². The van der Waals surface area contributed by atoms with E-state index in [0.717, 1.165) is 15.9 Å². The topological polar surface area (TPSA) is 69.0 Å². The highest BCUT2D eigenvalue weighted by Gasteiger charge is 2.10. The lowest BCUT2D eigenvalue weighted by atomic mass is 10.1.